The molecule has 2 aliphatic heterocycles. The number of nitrogens with one attached hydrogen (secondary N) is 1. The zero-order valence-corrected chi connectivity index (χ0v) is 21.6. The van der Waals surface area contributed by atoms with Gasteiger partial charge < -0.3 is 14.6 Å². The Labute approximate surface area is 218 Å². The van der Waals surface area contributed by atoms with Crippen LogP contribution < -0.4 is 10.7 Å². The van der Waals surface area contributed by atoms with Crippen molar-refractivity contribution in [1.82, 2.24) is 14.5 Å². The Kier molecular flexibility index (Phi) is 6.25. The Morgan fingerprint density at radius 3 is 2.58 bits per heavy atom. The fraction of sp³-hybridized carbons (Fsp3) is 0.207. The topological polar surface area (TPSA) is 64.3 Å². The summed E-state index contributed by atoms with van der Waals surface area (Å²) in [5.74, 6) is 0. The second kappa shape index (κ2) is 9.84. The van der Waals surface area contributed by atoms with Crippen LogP contribution in [0.3, 0.4) is 0 Å². The molecule has 1 fully saturated rings. The number of aromatic nitrogens is 3. The number of pyridine rings is 1. The van der Waals surface area contributed by atoms with E-state index in [1.807, 2.05) is 31.3 Å². The van der Waals surface area contributed by atoms with Gasteiger partial charge in [-0.15, -0.1) is 0 Å². The van der Waals surface area contributed by atoms with Crippen molar-refractivity contribution in [3.8, 4) is 17.1 Å². The lowest BCUT2D eigenvalue weighted by Gasteiger charge is -2.22. The predicted molar refractivity (Wildman–Crippen MR) is 147 cm³/mol. The molecule has 0 saturated carbocycles. The SMILES string of the molecule is Cc1ccc(Nc2cc3nc4ccccc4n(-c4ccc(Br)cc4)c-3c/c2=N\C2CCOCC2)cn1. The molecule has 1 saturated heterocycles. The van der Waals surface area contributed by atoms with E-state index in [4.69, 9.17) is 14.7 Å². The van der Waals surface area contributed by atoms with Gasteiger partial charge in [-0.2, -0.15) is 0 Å². The summed E-state index contributed by atoms with van der Waals surface area (Å²) in [5, 5.41) is 4.47. The summed E-state index contributed by atoms with van der Waals surface area (Å²) in [4.78, 5) is 14.7. The average Bonchev–Trinajstić information content (AvgIpc) is 2.90. The van der Waals surface area contributed by atoms with E-state index in [0.717, 1.165) is 81.1 Å². The number of halogens is 1. The molecule has 0 amide bonds. The van der Waals surface area contributed by atoms with Crippen LogP contribution in [0.25, 0.3) is 28.1 Å². The lowest BCUT2D eigenvalue weighted by atomic mass is 10.1. The van der Waals surface area contributed by atoms with Crippen LogP contribution in [0.2, 0.25) is 0 Å². The summed E-state index contributed by atoms with van der Waals surface area (Å²) >= 11 is 3.57. The Morgan fingerprint density at radius 1 is 1.00 bits per heavy atom. The van der Waals surface area contributed by atoms with Crippen LogP contribution in [0.1, 0.15) is 18.5 Å². The molecule has 3 heterocycles. The van der Waals surface area contributed by atoms with Crippen molar-refractivity contribution < 1.29 is 4.74 Å². The molecule has 1 aromatic heterocycles. The first-order chi connectivity index (χ1) is 17.6. The molecule has 36 heavy (non-hydrogen) atoms. The van der Waals surface area contributed by atoms with Gasteiger partial charge in [0.2, 0.25) is 0 Å². The van der Waals surface area contributed by atoms with Gasteiger partial charge in [-0.05, 0) is 80.4 Å². The zero-order chi connectivity index (χ0) is 24.5. The van der Waals surface area contributed by atoms with Crippen LogP contribution in [0.5, 0.6) is 0 Å². The quantitative estimate of drug-likeness (QED) is 0.267. The van der Waals surface area contributed by atoms with Crippen molar-refractivity contribution in [2.45, 2.75) is 25.8 Å². The van der Waals surface area contributed by atoms with Crippen molar-refractivity contribution in [2.24, 2.45) is 4.99 Å². The first-order valence-electron chi connectivity index (χ1n) is 12.2. The van der Waals surface area contributed by atoms with E-state index in [2.05, 4.69) is 85.4 Å². The summed E-state index contributed by atoms with van der Waals surface area (Å²) < 4.78 is 8.89. The van der Waals surface area contributed by atoms with Gasteiger partial charge in [-0.25, -0.2) is 4.98 Å². The number of benzene rings is 3. The zero-order valence-electron chi connectivity index (χ0n) is 20.0. The second-order valence-electron chi connectivity index (χ2n) is 9.06. The third-order valence-corrected chi connectivity index (χ3v) is 7.01. The minimum Gasteiger partial charge on any atom is -0.381 e. The van der Waals surface area contributed by atoms with E-state index in [1.54, 1.807) is 0 Å². The Bertz CT molecular complexity index is 1550. The van der Waals surface area contributed by atoms with Crippen LogP contribution in [0.4, 0.5) is 11.4 Å². The van der Waals surface area contributed by atoms with Crippen LogP contribution in [0, 0.1) is 6.92 Å². The molecule has 0 bridgehead atoms. The molecular weight excluding hydrogens is 514 g/mol. The van der Waals surface area contributed by atoms with Gasteiger partial charge in [0.15, 0.2) is 0 Å². The molecule has 180 valence electrons. The number of aryl methyl sites for hydroxylation is 1. The minimum atomic E-state index is 0.224. The lowest BCUT2D eigenvalue weighted by molar-refractivity contribution is 0.0864. The van der Waals surface area contributed by atoms with E-state index in [1.165, 1.54) is 0 Å². The number of hydrogen-bond donors (Lipinski definition) is 1. The largest absolute Gasteiger partial charge is 0.381 e. The third-order valence-electron chi connectivity index (χ3n) is 6.48. The average molecular weight is 540 g/mol. The highest BCUT2D eigenvalue weighted by Gasteiger charge is 2.18. The van der Waals surface area contributed by atoms with Crippen LogP contribution >= 0.6 is 15.9 Å². The first-order valence-corrected chi connectivity index (χ1v) is 13.0. The molecule has 3 aromatic rings. The molecule has 7 heteroatoms. The number of hydrogen-bond acceptors (Lipinski definition) is 5. The van der Waals surface area contributed by atoms with Crippen molar-refractivity contribution in [1.29, 1.82) is 0 Å². The molecule has 0 atom stereocenters. The standard InChI is InChI=1S/C29H26BrN5O/c1-19-6-9-22(18-31-19)33-25-16-27-29(17-26(25)32-21-12-14-36-15-13-21)35(23-10-7-20(30)8-11-23)28-5-3-2-4-24(28)34-27/h2-11,16-18,21,33H,12-15H2,1H3/b32-26+. The summed E-state index contributed by atoms with van der Waals surface area (Å²) in [6.45, 7) is 3.48. The maximum atomic E-state index is 5.58. The predicted octanol–water partition coefficient (Wildman–Crippen LogP) is 6.42. The van der Waals surface area contributed by atoms with E-state index in [0.29, 0.717) is 0 Å². The highest BCUT2D eigenvalue weighted by molar-refractivity contribution is 9.10. The van der Waals surface area contributed by atoms with Crippen molar-refractivity contribution in [3.05, 3.63) is 94.5 Å². The monoisotopic (exact) mass is 539 g/mol. The summed E-state index contributed by atoms with van der Waals surface area (Å²) in [7, 11) is 0. The highest BCUT2D eigenvalue weighted by Crippen LogP contribution is 2.31. The van der Waals surface area contributed by atoms with E-state index in [9.17, 15) is 0 Å². The number of ether oxygens (including phenoxy) is 1. The summed E-state index contributed by atoms with van der Waals surface area (Å²) in [6.07, 6.45) is 3.70. The highest BCUT2D eigenvalue weighted by atomic mass is 79.9. The Hall–Kier alpha value is -3.55. The van der Waals surface area contributed by atoms with Gasteiger partial charge in [0.25, 0.3) is 0 Å². The number of para-hydroxylation sites is 2. The number of rotatable bonds is 4. The van der Waals surface area contributed by atoms with Gasteiger partial charge in [0.05, 0.1) is 51.4 Å². The molecule has 2 aromatic carbocycles. The number of anilines is 2. The molecule has 1 aliphatic carbocycles. The van der Waals surface area contributed by atoms with Crippen molar-refractivity contribution in [2.75, 3.05) is 18.5 Å². The smallest absolute Gasteiger partial charge is 0.0900 e. The van der Waals surface area contributed by atoms with Gasteiger partial charge in [-0.3, -0.25) is 9.98 Å². The molecule has 3 aliphatic rings. The first kappa shape index (κ1) is 22.9. The maximum absolute atomic E-state index is 5.58. The number of nitrogens with zero attached hydrogens (tertiary/aromatic N) is 4. The Balaban J connectivity index is 1.61. The molecule has 6 nitrogen and oxygen atoms in total. The normalized spacial score (nSPS) is 15.0. The van der Waals surface area contributed by atoms with Crippen LogP contribution in [-0.4, -0.2) is 33.8 Å². The van der Waals surface area contributed by atoms with Crippen molar-refractivity contribution >= 4 is 38.3 Å². The fourth-order valence-electron chi connectivity index (χ4n) is 4.63. The number of fused-ring (bicyclic) bond motifs is 2. The van der Waals surface area contributed by atoms with Crippen LogP contribution in [0.15, 0.2) is 88.5 Å². The third kappa shape index (κ3) is 4.64. The molecule has 0 radical (unpaired) electrons. The van der Waals surface area contributed by atoms with Gasteiger partial charge in [0, 0.05) is 29.1 Å². The van der Waals surface area contributed by atoms with Crippen molar-refractivity contribution in [3.63, 3.8) is 0 Å². The molecular formula is C29H26BrN5O. The Morgan fingerprint density at radius 2 is 1.81 bits per heavy atom. The van der Waals surface area contributed by atoms with Crippen LogP contribution in [-0.2, 0) is 4.74 Å². The van der Waals surface area contributed by atoms with E-state index in [-0.39, 0.29) is 6.04 Å². The maximum Gasteiger partial charge on any atom is 0.0900 e. The van der Waals surface area contributed by atoms with Gasteiger partial charge in [-0.1, -0.05) is 28.1 Å². The lowest BCUT2D eigenvalue weighted by Crippen LogP contribution is -2.23. The van der Waals surface area contributed by atoms with Gasteiger partial charge >= 0.3 is 0 Å². The minimum absolute atomic E-state index is 0.224. The van der Waals surface area contributed by atoms with Gasteiger partial charge in [0.1, 0.15) is 0 Å². The molecule has 6 rings (SSSR count). The van der Waals surface area contributed by atoms with E-state index >= 15 is 0 Å². The molecule has 0 spiro atoms. The molecule has 0 unspecified atom stereocenters. The fourth-order valence-corrected chi connectivity index (χ4v) is 4.89. The summed E-state index contributed by atoms with van der Waals surface area (Å²) in [6, 6.07) is 25.2. The molecule has 1 N–H and O–H groups in total. The summed E-state index contributed by atoms with van der Waals surface area (Å²) in [5.41, 5.74) is 7.78. The van der Waals surface area contributed by atoms with E-state index < -0.39 is 0 Å². The second-order valence-corrected chi connectivity index (χ2v) is 9.97.